The van der Waals surface area contributed by atoms with E-state index in [-0.39, 0.29) is 29.1 Å². The molecule has 4 heteroatoms. The van der Waals surface area contributed by atoms with Gasteiger partial charge in [-0.3, -0.25) is 14.9 Å². The van der Waals surface area contributed by atoms with Crippen LogP contribution in [0, 0.1) is 22.0 Å². The zero-order valence-corrected chi connectivity index (χ0v) is 8.57. The second-order valence-electron chi connectivity index (χ2n) is 4.00. The average Bonchev–Trinajstić information content (AvgIpc) is 2.15. The summed E-state index contributed by atoms with van der Waals surface area (Å²) in [6.45, 7) is 1.88. The first kappa shape index (κ1) is 11.1. The van der Waals surface area contributed by atoms with Crippen molar-refractivity contribution in [3.05, 3.63) is 10.1 Å². The van der Waals surface area contributed by atoms with Gasteiger partial charge in [0.15, 0.2) is 0 Å². The summed E-state index contributed by atoms with van der Waals surface area (Å²) in [7, 11) is 0. The van der Waals surface area contributed by atoms with E-state index in [9.17, 15) is 14.9 Å². The average molecular weight is 199 g/mol. The third kappa shape index (κ3) is 2.79. The van der Waals surface area contributed by atoms with Gasteiger partial charge in [0, 0.05) is 23.2 Å². The molecule has 0 N–H and O–H groups in total. The second-order valence-corrected chi connectivity index (χ2v) is 4.00. The van der Waals surface area contributed by atoms with E-state index < -0.39 is 0 Å². The highest BCUT2D eigenvalue weighted by Crippen LogP contribution is 2.29. The van der Waals surface area contributed by atoms with Crippen LogP contribution in [-0.4, -0.2) is 17.3 Å². The SMILES string of the molecule is CC[C@H](C[N+](=O)[O-])[C@@H]1CCCCC1=O. The molecule has 1 aliphatic carbocycles. The Balaban J connectivity index is 2.57. The molecule has 1 saturated carbocycles. The predicted molar refractivity (Wildman–Crippen MR) is 52.6 cm³/mol. The molecule has 0 amide bonds. The Labute approximate surface area is 83.8 Å². The van der Waals surface area contributed by atoms with Crippen molar-refractivity contribution in [2.24, 2.45) is 11.8 Å². The lowest BCUT2D eigenvalue weighted by atomic mass is 9.78. The molecule has 0 aliphatic heterocycles. The molecule has 0 aromatic heterocycles. The molecule has 0 radical (unpaired) electrons. The Morgan fingerprint density at radius 3 is 2.79 bits per heavy atom. The van der Waals surface area contributed by atoms with Crippen LogP contribution >= 0.6 is 0 Å². The van der Waals surface area contributed by atoms with Crippen LogP contribution in [0.15, 0.2) is 0 Å². The molecular weight excluding hydrogens is 182 g/mol. The van der Waals surface area contributed by atoms with E-state index in [1.54, 1.807) is 0 Å². The first-order valence-electron chi connectivity index (χ1n) is 5.29. The summed E-state index contributed by atoms with van der Waals surface area (Å²) in [6.07, 6.45) is 4.22. The maximum absolute atomic E-state index is 11.6. The number of ketones is 1. The Morgan fingerprint density at radius 1 is 1.57 bits per heavy atom. The number of nitrogens with zero attached hydrogens (tertiary/aromatic N) is 1. The Morgan fingerprint density at radius 2 is 2.29 bits per heavy atom. The van der Waals surface area contributed by atoms with E-state index in [2.05, 4.69) is 0 Å². The van der Waals surface area contributed by atoms with Crippen molar-refractivity contribution in [3.8, 4) is 0 Å². The summed E-state index contributed by atoms with van der Waals surface area (Å²) in [6, 6.07) is 0. The Bertz CT molecular complexity index is 227. The maximum atomic E-state index is 11.6. The zero-order valence-electron chi connectivity index (χ0n) is 8.57. The van der Waals surface area contributed by atoms with E-state index >= 15 is 0 Å². The molecule has 0 aromatic carbocycles. The highest BCUT2D eigenvalue weighted by molar-refractivity contribution is 5.81. The molecule has 0 aromatic rings. The number of carbonyl (C=O) groups excluding carboxylic acids is 1. The van der Waals surface area contributed by atoms with Gasteiger partial charge < -0.3 is 0 Å². The quantitative estimate of drug-likeness (QED) is 0.514. The van der Waals surface area contributed by atoms with Gasteiger partial charge in [0.25, 0.3) is 0 Å². The molecule has 0 saturated heterocycles. The third-order valence-corrected chi connectivity index (χ3v) is 3.08. The van der Waals surface area contributed by atoms with Crippen molar-refractivity contribution in [2.45, 2.75) is 39.0 Å². The molecule has 4 nitrogen and oxygen atoms in total. The molecule has 80 valence electrons. The minimum Gasteiger partial charge on any atom is -0.299 e. The second kappa shape index (κ2) is 5.08. The topological polar surface area (TPSA) is 60.2 Å². The fourth-order valence-electron chi connectivity index (χ4n) is 2.24. The lowest BCUT2D eigenvalue weighted by molar-refractivity contribution is -0.489. The van der Waals surface area contributed by atoms with Crippen LogP contribution in [0.1, 0.15) is 39.0 Å². The van der Waals surface area contributed by atoms with Gasteiger partial charge in [0.05, 0.1) is 0 Å². The minimum absolute atomic E-state index is 0.0425. The van der Waals surface area contributed by atoms with Crippen LogP contribution in [0.3, 0.4) is 0 Å². The number of nitro groups is 1. The van der Waals surface area contributed by atoms with Crippen LogP contribution < -0.4 is 0 Å². The first-order chi connectivity index (χ1) is 6.65. The fourth-order valence-corrected chi connectivity index (χ4v) is 2.24. The fraction of sp³-hybridized carbons (Fsp3) is 0.900. The summed E-state index contributed by atoms with van der Waals surface area (Å²) in [5.41, 5.74) is 0. The van der Waals surface area contributed by atoms with Crippen molar-refractivity contribution in [2.75, 3.05) is 6.54 Å². The van der Waals surface area contributed by atoms with Crippen LogP contribution in [0.25, 0.3) is 0 Å². The van der Waals surface area contributed by atoms with Crippen molar-refractivity contribution in [1.82, 2.24) is 0 Å². The molecule has 0 spiro atoms. The van der Waals surface area contributed by atoms with Gasteiger partial charge in [-0.15, -0.1) is 0 Å². The molecule has 14 heavy (non-hydrogen) atoms. The standard InChI is InChI=1S/C10H17NO3/c1-2-8(7-11(13)14)9-5-3-4-6-10(9)12/h8-9H,2-7H2,1H3/t8-,9+/m1/s1. The van der Waals surface area contributed by atoms with Gasteiger partial charge in [-0.05, 0) is 19.3 Å². The van der Waals surface area contributed by atoms with E-state index in [1.165, 1.54) is 0 Å². The smallest absolute Gasteiger partial charge is 0.207 e. The van der Waals surface area contributed by atoms with E-state index in [0.717, 1.165) is 25.7 Å². The summed E-state index contributed by atoms with van der Waals surface area (Å²) in [4.78, 5) is 21.7. The lowest BCUT2D eigenvalue weighted by Crippen LogP contribution is -2.31. The predicted octanol–water partition coefficient (Wildman–Crippen LogP) is 2.05. The number of hydrogen-bond acceptors (Lipinski definition) is 3. The van der Waals surface area contributed by atoms with Crippen molar-refractivity contribution >= 4 is 5.78 Å². The minimum atomic E-state index is -0.296. The molecule has 2 atom stereocenters. The van der Waals surface area contributed by atoms with Crippen LogP contribution in [0.2, 0.25) is 0 Å². The van der Waals surface area contributed by atoms with Crippen LogP contribution in [-0.2, 0) is 4.79 Å². The molecule has 0 unspecified atom stereocenters. The van der Waals surface area contributed by atoms with Crippen molar-refractivity contribution < 1.29 is 9.72 Å². The van der Waals surface area contributed by atoms with Crippen molar-refractivity contribution in [1.29, 1.82) is 0 Å². The molecule has 1 fully saturated rings. The summed E-state index contributed by atoms with van der Waals surface area (Å²) >= 11 is 0. The summed E-state index contributed by atoms with van der Waals surface area (Å²) in [5, 5.41) is 10.4. The van der Waals surface area contributed by atoms with Crippen LogP contribution in [0.4, 0.5) is 0 Å². The number of rotatable bonds is 4. The number of Topliss-reactive ketones (excluding diaryl/α,β-unsaturated/α-hetero) is 1. The monoisotopic (exact) mass is 199 g/mol. The molecular formula is C10H17NO3. The van der Waals surface area contributed by atoms with Gasteiger partial charge in [0.2, 0.25) is 6.54 Å². The molecule has 0 heterocycles. The Hall–Kier alpha value is -0.930. The number of carbonyl (C=O) groups is 1. The largest absolute Gasteiger partial charge is 0.299 e. The zero-order chi connectivity index (χ0) is 10.6. The van der Waals surface area contributed by atoms with Gasteiger partial charge in [-0.25, -0.2) is 0 Å². The lowest BCUT2D eigenvalue weighted by Gasteiger charge is -2.25. The van der Waals surface area contributed by atoms with Gasteiger partial charge in [-0.2, -0.15) is 0 Å². The Kier molecular flexibility index (Phi) is 4.04. The van der Waals surface area contributed by atoms with E-state index in [4.69, 9.17) is 0 Å². The first-order valence-corrected chi connectivity index (χ1v) is 5.29. The number of hydrogen-bond donors (Lipinski definition) is 0. The van der Waals surface area contributed by atoms with E-state index in [1.807, 2.05) is 6.92 Å². The summed E-state index contributed by atoms with van der Waals surface area (Å²) in [5.74, 6) is 0.155. The highest BCUT2D eigenvalue weighted by Gasteiger charge is 2.31. The van der Waals surface area contributed by atoms with Crippen molar-refractivity contribution in [3.63, 3.8) is 0 Å². The molecule has 1 aliphatic rings. The van der Waals surface area contributed by atoms with Gasteiger partial charge in [-0.1, -0.05) is 13.3 Å². The normalized spacial score (nSPS) is 24.6. The third-order valence-electron chi connectivity index (χ3n) is 3.08. The summed E-state index contributed by atoms with van der Waals surface area (Å²) < 4.78 is 0. The highest BCUT2D eigenvalue weighted by atomic mass is 16.6. The van der Waals surface area contributed by atoms with Gasteiger partial charge >= 0.3 is 0 Å². The van der Waals surface area contributed by atoms with Gasteiger partial charge in [0.1, 0.15) is 5.78 Å². The van der Waals surface area contributed by atoms with Crippen LogP contribution in [0.5, 0.6) is 0 Å². The molecule has 1 rings (SSSR count). The maximum Gasteiger partial charge on any atom is 0.207 e. The molecule has 0 bridgehead atoms. The van der Waals surface area contributed by atoms with E-state index in [0.29, 0.717) is 6.42 Å².